The molecule has 2 saturated heterocycles. The lowest BCUT2D eigenvalue weighted by atomic mass is 10.0. The maximum absolute atomic E-state index is 8.80. The van der Waals surface area contributed by atoms with Crippen LogP contribution in [0.4, 0.5) is 0 Å². The topological polar surface area (TPSA) is 56.1 Å². The van der Waals surface area contributed by atoms with Gasteiger partial charge in [0.15, 0.2) is 0 Å². The molecule has 2 N–H and O–H groups in total. The lowest BCUT2D eigenvalue weighted by Crippen LogP contribution is -2.43. The van der Waals surface area contributed by atoms with Crippen LogP contribution in [-0.2, 0) is 0 Å². The van der Waals surface area contributed by atoms with Crippen LogP contribution in [0.5, 0.6) is 0 Å². The van der Waals surface area contributed by atoms with Gasteiger partial charge >= 0.3 is 0 Å². The van der Waals surface area contributed by atoms with Gasteiger partial charge in [-0.3, -0.25) is 4.90 Å². The third-order valence-corrected chi connectivity index (χ3v) is 3.43. The first-order chi connectivity index (χ1) is 6.85. The number of aliphatic hydroxyl groups excluding tert-OH is 1. The fraction of sp³-hybridized carbons (Fsp3) is 0.900. The summed E-state index contributed by atoms with van der Waals surface area (Å²) in [5, 5.41) is 20.9. The van der Waals surface area contributed by atoms with E-state index in [-0.39, 0.29) is 19.0 Å². The number of fused-ring (bicyclic) bond motifs is 2. The molecule has 0 radical (unpaired) electrons. The number of hydrogen-bond donors (Lipinski definition) is 2. The van der Waals surface area contributed by atoms with Gasteiger partial charge in [-0.1, -0.05) is 5.16 Å². The van der Waals surface area contributed by atoms with Crippen LogP contribution in [0, 0.1) is 0 Å². The van der Waals surface area contributed by atoms with Crippen molar-refractivity contribution in [3.05, 3.63) is 0 Å². The highest BCUT2D eigenvalue weighted by molar-refractivity contribution is 5.86. The minimum absolute atomic E-state index is 0. The van der Waals surface area contributed by atoms with Gasteiger partial charge in [0, 0.05) is 38.1 Å². The SMILES string of the molecule is Cl.OCCCN1C2CCC1CC(=NO)C2. The first-order valence-electron chi connectivity index (χ1n) is 5.41. The zero-order chi connectivity index (χ0) is 9.97. The van der Waals surface area contributed by atoms with E-state index in [0.717, 1.165) is 31.5 Å². The smallest absolute Gasteiger partial charge is 0.0601 e. The van der Waals surface area contributed by atoms with E-state index in [4.69, 9.17) is 10.3 Å². The van der Waals surface area contributed by atoms with Gasteiger partial charge in [-0.25, -0.2) is 0 Å². The summed E-state index contributed by atoms with van der Waals surface area (Å²) >= 11 is 0. The molecule has 2 bridgehead atoms. The van der Waals surface area contributed by atoms with Crippen LogP contribution in [0.25, 0.3) is 0 Å². The Hall–Kier alpha value is -0.320. The van der Waals surface area contributed by atoms with Crippen LogP contribution in [0.1, 0.15) is 32.1 Å². The highest BCUT2D eigenvalue weighted by atomic mass is 35.5. The van der Waals surface area contributed by atoms with Gasteiger partial charge in [0.05, 0.1) is 5.71 Å². The molecule has 0 spiro atoms. The summed E-state index contributed by atoms with van der Waals surface area (Å²) in [6, 6.07) is 1.12. The van der Waals surface area contributed by atoms with E-state index < -0.39 is 0 Å². The summed E-state index contributed by atoms with van der Waals surface area (Å²) < 4.78 is 0. The molecule has 2 aliphatic rings. The number of oxime groups is 1. The molecule has 2 atom stereocenters. The number of halogens is 1. The first kappa shape index (κ1) is 12.7. The van der Waals surface area contributed by atoms with E-state index in [2.05, 4.69) is 10.1 Å². The van der Waals surface area contributed by atoms with Crippen LogP contribution in [-0.4, -0.2) is 46.2 Å². The summed E-state index contributed by atoms with van der Waals surface area (Å²) in [5.41, 5.74) is 0.956. The molecule has 0 aliphatic carbocycles. The molecule has 0 aromatic carbocycles. The molecule has 2 fully saturated rings. The first-order valence-corrected chi connectivity index (χ1v) is 5.41. The summed E-state index contributed by atoms with van der Waals surface area (Å²) in [6.45, 7) is 1.27. The molecule has 4 nitrogen and oxygen atoms in total. The molecule has 15 heavy (non-hydrogen) atoms. The average Bonchev–Trinajstić information content (AvgIpc) is 2.46. The second-order valence-electron chi connectivity index (χ2n) is 4.27. The highest BCUT2D eigenvalue weighted by Gasteiger charge is 2.38. The molecule has 2 unspecified atom stereocenters. The standard InChI is InChI=1S/C10H18N2O2.ClH/c13-5-1-4-12-9-2-3-10(12)7-8(6-9)11-14;/h9-10,13-14H,1-7H2;1H. The van der Waals surface area contributed by atoms with Crippen molar-refractivity contribution in [1.82, 2.24) is 4.90 Å². The molecule has 0 aromatic heterocycles. The van der Waals surface area contributed by atoms with Crippen LogP contribution >= 0.6 is 12.4 Å². The molecule has 0 aromatic rings. The maximum Gasteiger partial charge on any atom is 0.0601 e. The molecule has 2 rings (SSSR count). The fourth-order valence-electron chi connectivity index (χ4n) is 2.78. The van der Waals surface area contributed by atoms with Crippen molar-refractivity contribution in [2.75, 3.05) is 13.2 Å². The van der Waals surface area contributed by atoms with E-state index >= 15 is 0 Å². The van der Waals surface area contributed by atoms with Crippen molar-refractivity contribution in [2.45, 2.75) is 44.2 Å². The molecule has 0 saturated carbocycles. The van der Waals surface area contributed by atoms with Crippen molar-refractivity contribution in [3.8, 4) is 0 Å². The predicted octanol–water partition coefficient (Wildman–Crippen LogP) is 1.25. The molecule has 5 heteroatoms. The van der Waals surface area contributed by atoms with Gasteiger partial charge in [-0.15, -0.1) is 12.4 Å². The van der Waals surface area contributed by atoms with E-state index in [1.807, 2.05) is 0 Å². The second kappa shape index (κ2) is 5.68. The summed E-state index contributed by atoms with van der Waals surface area (Å²) in [4.78, 5) is 2.48. The molecule has 88 valence electrons. The van der Waals surface area contributed by atoms with Crippen LogP contribution in [0.2, 0.25) is 0 Å². The zero-order valence-corrected chi connectivity index (χ0v) is 9.62. The molecule has 2 heterocycles. The Bertz CT molecular complexity index is 219. The quantitative estimate of drug-likeness (QED) is 0.571. The largest absolute Gasteiger partial charge is 0.411 e. The van der Waals surface area contributed by atoms with E-state index in [0.29, 0.717) is 12.1 Å². The minimum Gasteiger partial charge on any atom is -0.411 e. The number of rotatable bonds is 3. The Morgan fingerprint density at radius 1 is 1.27 bits per heavy atom. The Morgan fingerprint density at radius 2 is 1.87 bits per heavy atom. The Balaban J connectivity index is 0.00000112. The molecular weight excluding hydrogens is 216 g/mol. The molecule has 0 amide bonds. The summed E-state index contributed by atoms with van der Waals surface area (Å²) in [6.07, 6.45) is 5.12. The predicted molar refractivity (Wildman–Crippen MR) is 60.9 cm³/mol. The molecular formula is C10H19ClN2O2. The fourth-order valence-corrected chi connectivity index (χ4v) is 2.78. The van der Waals surface area contributed by atoms with Crippen molar-refractivity contribution >= 4 is 18.1 Å². The van der Waals surface area contributed by atoms with Gasteiger partial charge in [-0.05, 0) is 19.3 Å². The Morgan fingerprint density at radius 3 is 2.33 bits per heavy atom. The van der Waals surface area contributed by atoms with Crippen LogP contribution in [0.15, 0.2) is 5.16 Å². The van der Waals surface area contributed by atoms with Crippen molar-refractivity contribution < 1.29 is 10.3 Å². The number of piperidine rings is 1. The lowest BCUT2D eigenvalue weighted by Gasteiger charge is -2.34. The highest BCUT2D eigenvalue weighted by Crippen LogP contribution is 2.34. The van der Waals surface area contributed by atoms with Gasteiger partial charge in [0.25, 0.3) is 0 Å². The maximum atomic E-state index is 8.80. The lowest BCUT2D eigenvalue weighted by molar-refractivity contribution is 0.160. The van der Waals surface area contributed by atoms with Gasteiger partial charge in [-0.2, -0.15) is 0 Å². The van der Waals surface area contributed by atoms with E-state index in [9.17, 15) is 0 Å². The summed E-state index contributed by atoms with van der Waals surface area (Å²) in [5.74, 6) is 0. The average molecular weight is 235 g/mol. The Labute approximate surface area is 96.4 Å². The van der Waals surface area contributed by atoms with Crippen LogP contribution in [0.3, 0.4) is 0 Å². The second-order valence-corrected chi connectivity index (χ2v) is 4.27. The zero-order valence-electron chi connectivity index (χ0n) is 8.80. The number of nitrogens with zero attached hydrogens (tertiary/aromatic N) is 2. The monoisotopic (exact) mass is 234 g/mol. The van der Waals surface area contributed by atoms with Crippen LogP contribution < -0.4 is 0 Å². The van der Waals surface area contributed by atoms with Crippen molar-refractivity contribution in [2.24, 2.45) is 5.16 Å². The normalized spacial score (nSPS) is 30.1. The number of hydrogen-bond acceptors (Lipinski definition) is 4. The van der Waals surface area contributed by atoms with Gasteiger partial charge in [0.2, 0.25) is 0 Å². The van der Waals surface area contributed by atoms with Gasteiger partial charge < -0.3 is 10.3 Å². The van der Waals surface area contributed by atoms with Gasteiger partial charge in [0.1, 0.15) is 0 Å². The van der Waals surface area contributed by atoms with Crippen molar-refractivity contribution in [3.63, 3.8) is 0 Å². The minimum atomic E-state index is 0. The van der Waals surface area contributed by atoms with Crippen molar-refractivity contribution in [1.29, 1.82) is 0 Å². The van der Waals surface area contributed by atoms with E-state index in [1.165, 1.54) is 12.8 Å². The summed E-state index contributed by atoms with van der Waals surface area (Å²) in [7, 11) is 0. The molecule has 2 aliphatic heterocycles. The van der Waals surface area contributed by atoms with E-state index in [1.54, 1.807) is 0 Å². The number of aliphatic hydroxyl groups is 1. The Kier molecular flexibility index (Phi) is 4.83. The third-order valence-electron chi connectivity index (χ3n) is 3.43. The third kappa shape index (κ3) is 2.62.